The fourth-order valence-corrected chi connectivity index (χ4v) is 7.07. The van der Waals surface area contributed by atoms with Crippen LogP contribution in [0.15, 0.2) is 84.4 Å². The zero-order valence-electron chi connectivity index (χ0n) is 24.0. The van der Waals surface area contributed by atoms with Gasteiger partial charge in [0.2, 0.25) is 11.8 Å². The normalized spacial score (nSPS) is 21.9. The third-order valence-corrected chi connectivity index (χ3v) is 9.27. The number of aromatic nitrogens is 1. The molecule has 1 aliphatic heterocycles. The standard InChI is InChI=1S/C35H27ClN2O6/c1-18-13-21-14-25(18)32-31(21)33(40)38(34(32)41)23-8-3-19(4-9-23)29-16-27(26-15-22(36)7-12-28(26)37-29)35(42)44-17-30(39)20-5-10-24(43-2)11-6-20/h3-13,15-16,21,25,31-32H,14,17H2,1-2H3. The number of pyridine rings is 1. The Labute approximate surface area is 258 Å². The number of hydrogen-bond donors (Lipinski definition) is 0. The van der Waals surface area contributed by atoms with E-state index in [0.29, 0.717) is 44.2 Å². The van der Waals surface area contributed by atoms with Crippen molar-refractivity contribution in [3.8, 4) is 17.0 Å². The van der Waals surface area contributed by atoms with Crippen LogP contribution in [0.4, 0.5) is 5.69 Å². The van der Waals surface area contributed by atoms with Crippen LogP contribution >= 0.6 is 11.6 Å². The average Bonchev–Trinajstić information content (AvgIpc) is 3.68. The van der Waals surface area contributed by atoms with Crippen molar-refractivity contribution in [3.63, 3.8) is 0 Å². The lowest BCUT2D eigenvalue weighted by Crippen LogP contribution is -2.32. The number of fused-ring (bicyclic) bond motifs is 6. The fraction of sp³-hybridized carbons (Fsp3) is 0.229. The van der Waals surface area contributed by atoms with Crippen molar-refractivity contribution >= 4 is 51.8 Å². The lowest BCUT2D eigenvalue weighted by atomic mass is 9.82. The number of methoxy groups -OCH3 is 1. The Bertz CT molecular complexity index is 1900. The Morgan fingerprint density at radius 2 is 1.68 bits per heavy atom. The van der Waals surface area contributed by atoms with Crippen molar-refractivity contribution in [2.75, 3.05) is 18.6 Å². The van der Waals surface area contributed by atoms with Gasteiger partial charge in [-0.2, -0.15) is 0 Å². The monoisotopic (exact) mass is 606 g/mol. The van der Waals surface area contributed by atoms with E-state index in [-0.39, 0.29) is 46.8 Å². The highest BCUT2D eigenvalue weighted by Crippen LogP contribution is 2.56. The van der Waals surface area contributed by atoms with Gasteiger partial charge in [-0.1, -0.05) is 35.4 Å². The minimum atomic E-state index is -0.697. The summed E-state index contributed by atoms with van der Waals surface area (Å²) in [7, 11) is 1.54. The van der Waals surface area contributed by atoms with Crippen LogP contribution in [0.3, 0.4) is 0 Å². The quantitative estimate of drug-likeness (QED) is 0.105. The second kappa shape index (κ2) is 10.7. The molecule has 3 aromatic carbocycles. The molecule has 0 N–H and O–H groups in total. The number of ether oxygens (including phenoxy) is 2. The van der Waals surface area contributed by atoms with Gasteiger partial charge in [-0.3, -0.25) is 19.3 Å². The molecule has 0 radical (unpaired) electrons. The van der Waals surface area contributed by atoms with Crippen molar-refractivity contribution in [1.82, 2.24) is 4.98 Å². The third-order valence-electron chi connectivity index (χ3n) is 9.04. The van der Waals surface area contributed by atoms with Gasteiger partial charge in [0, 0.05) is 21.5 Å². The van der Waals surface area contributed by atoms with Crippen LogP contribution in [0, 0.1) is 23.7 Å². The van der Waals surface area contributed by atoms with Gasteiger partial charge in [0.15, 0.2) is 12.4 Å². The minimum absolute atomic E-state index is 0.130. The minimum Gasteiger partial charge on any atom is -0.497 e. The van der Waals surface area contributed by atoms with Crippen LogP contribution in [0.2, 0.25) is 5.02 Å². The SMILES string of the molecule is COc1ccc(C(=O)COC(=O)c2cc(-c3ccc(N4C(=O)C5C6C=C(C)C(C6)C5C4=O)cc3)nc3ccc(Cl)cc23)cc1. The van der Waals surface area contributed by atoms with Gasteiger partial charge >= 0.3 is 5.97 Å². The third kappa shape index (κ3) is 4.57. The first-order valence-electron chi connectivity index (χ1n) is 14.3. The molecule has 220 valence electrons. The number of esters is 1. The van der Waals surface area contributed by atoms with Gasteiger partial charge in [0.1, 0.15) is 5.75 Å². The van der Waals surface area contributed by atoms with Crippen LogP contribution in [0.25, 0.3) is 22.2 Å². The summed E-state index contributed by atoms with van der Waals surface area (Å²) >= 11 is 6.25. The summed E-state index contributed by atoms with van der Waals surface area (Å²) in [6.07, 6.45) is 3.03. The van der Waals surface area contributed by atoms with Crippen LogP contribution < -0.4 is 9.64 Å². The molecule has 3 aliphatic rings. The summed E-state index contributed by atoms with van der Waals surface area (Å²) < 4.78 is 10.6. The summed E-state index contributed by atoms with van der Waals surface area (Å²) in [6, 6.07) is 20.1. The Kier molecular flexibility index (Phi) is 6.81. The van der Waals surface area contributed by atoms with Crippen LogP contribution in [-0.2, 0) is 14.3 Å². The summed E-state index contributed by atoms with van der Waals surface area (Å²) in [5.74, 6) is -1.01. The molecule has 0 spiro atoms. The molecule has 44 heavy (non-hydrogen) atoms. The van der Waals surface area contributed by atoms with E-state index in [0.717, 1.165) is 6.42 Å². The Morgan fingerprint density at radius 3 is 2.41 bits per heavy atom. The van der Waals surface area contributed by atoms with Gasteiger partial charge in [0.25, 0.3) is 0 Å². The van der Waals surface area contributed by atoms with E-state index in [4.69, 9.17) is 26.1 Å². The number of halogens is 1. The first-order valence-corrected chi connectivity index (χ1v) is 14.7. The molecule has 1 saturated carbocycles. The van der Waals surface area contributed by atoms with Crippen LogP contribution in [0.5, 0.6) is 5.75 Å². The average molecular weight is 607 g/mol. The molecule has 4 atom stereocenters. The van der Waals surface area contributed by atoms with E-state index >= 15 is 0 Å². The molecular formula is C35H27ClN2O6. The maximum Gasteiger partial charge on any atom is 0.339 e. The summed E-state index contributed by atoms with van der Waals surface area (Å²) in [4.78, 5) is 58.8. The zero-order chi connectivity index (χ0) is 30.7. The Balaban J connectivity index is 1.15. The van der Waals surface area contributed by atoms with Crippen molar-refractivity contribution in [3.05, 3.63) is 101 Å². The number of hydrogen-bond acceptors (Lipinski definition) is 7. The van der Waals surface area contributed by atoms with Crippen LogP contribution in [0.1, 0.15) is 34.1 Å². The topological polar surface area (TPSA) is 103 Å². The van der Waals surface area contributed by atoms with Crippen LogP contribution in [-0.4, -0.2) is 42.3 Å². The molecule has 2 bridgehead atoms. The summed E-state index contributed by atoms with van der Waals surface area (Å²) in [6.45, 7) is 1.60. The number of imide groups is 1. The lowest BCUT2D eigenvalue weighted by Gasteiger charge is -2.19. The van der Waals surface area contributed by atoms with Crippen molar-refractivity contribution in [1.29, 1.82) is 0 Å². The molecule has 2 fully saturated rings. The molecular weight excluding hydrogens is 580 g/mol. The molecule has 4 aromatic rings. The van der Waals surface area contributed by atoms with Gasteiger partial charge in [0.05, 0.1) is 41.4 Å². The van der Waals surface area contributed by atoms with Crippen molar-refractivity contribution in [2.45, 2.75) is 13.3 Å². The molecule has 7 rings (SSSR count). The number of carbonyl (C=O) groups excluding carboxylic acids is 4. The Hall–Kier alpha value is -4.82. The highest BCUT2D eigenvalue weighted by atomic mass is 35.5. The zero-order valence-corrected chi connectivity index (χ0v) is 24.7. The second-order valence-corrected chi connectivity index (χ2v) is 11.9. The van der Waals surface area contributed by atoms with E-state index in [2.05, 4.69) is 6.08 Å². The first kappa shape index (κ1) is 28.0. The molecule has 2 heterocycles. The van der Waals surface area contributed by atoms with E-state index in [1.807, 2.05) is 6.92 Å². The molecule has 2 amide bonds. The number of rotatable bonds is 7. The van der Waals surface area contributed by atoms with Crippen molar-refractivity contribution in [2.24, 2.45) is 23.7 Å². The number of carbonyl (C=O) groups is 4. The van der Waals surface area contributed by atoms with Gasteiger partial charge in [-0.15, -0.1) is 0 Å². The lowest BCUT2D eigenvalue weighted by molar-refractivity contribution is -0.123. The predicted molar refractivity (Wildman–Crippen MR) is 165 cm³/mol. The molecule has 8 nitrogen and oxygen atoms in total. The highest BCUT2D eigenvalue weighted by molar-refractivity contribution is 6.31. The molecule has 4 unspecified atom stereocenters. The van der Waals surface area contributed by atoms with E-state index < -0.39 is 12.6 Å². The van der Waals surface area contributed by atoms with E-state index in [1.54, 1.807) is 72.8 Å². The number of nitrogens with zero attached hydrogens (tertiary/aromatic N) is 2. The molecule has 9 heteroatoms. The maximum atomic E-state index is 13.4. The number of amides is 2. The molecule has 2 aliphatic carbocycles. The fourth-order valence-electron chi connectivity index (χ4n) is 6.89. The van der Waals surface area contributed by atoms with E-state index in [9.17, 15) is 19.2 Å². The smallest absolute Gasteiger partial charge is 0.339 e. The number of anilines is 1. The summed E-state index contributed by atoms with van der Waals surface area (Å²) in [5.41, 5.74) is 3.98. The van der Waals surface area contributed by atoms with Crippen molar-refractivity contribution < 1.29 is 28.7 Å². The number of Topliss-reactive ketones (excluding diaryl/α,β-unsaturated/α-hetero) is 1. The largest absolute Gasteiger partial charge is 0.497 e. The molecule has 1 aromatic heterocycles. The van der Waals surface area contributed by atoms with E-state index in [1.165, 1.54) is 17.6 Å². The van der Waals surface area contributed by atoms with Gasteiger partial charge in [-0.25, -0.2) is 9.78 Å². The predicted octanol–water partition coefficient (Wildman–Crippen LogP) is 6.31. The second-order valence-electron chi connectivity index (χ2n) is 11.5. The highest BCUT2D eigenvalue weighted by Gasteiger charge is 2.60. The Morgan fingerprint density at radius 1 is 0.955 bits per heavy atom. The molecule has 1 saturated heterocycles. The van der Waals surface area contributed by atoms with Gasteiger partial charge < -0.3 is 9.47 Å². The number of ketones is 1. The number of benzene rings is 3. The first-order chi connectivity index (χ1) is 21.2. The maximum absolute atomic E-state index is 13.4. The summed E-state index contributed by atoms with van der Waals surface area (Å²) in [5, 5.41) is 0.904. The number of allylic oxidation sites excluding steroid dienone is 2. The van der Waals surface area contributed by atoms with Gasteiger partial charge in [-0.05, 0) is 85.8 Å².